The van der Waals surface area contributed by atoms with Crippen molar-refractivity contribution in [2.24, 2.45) is 5.41 Å². The van der Waals surface area contributed by atoms with E-state index < -0.39 is 11.4 Å². The molecule has 1 amide bonds. The molecule has 21 heavy (non-hydrogen) atoms. The topological polar surface area (TPSA) is 81.4 Å². The van der Waals surface area contributed by atoms with E-state index in [4.69, 9.17) is 5.26 Å². The normalized spacial score (nSPS) is 21.0. The minimum absolute atomic E-state index is 0.168. The Morgan fingerprint density at radius 1 is 1.38 bits per heavy atom. The zero-order valence-corrected chi connectivity index (χ0v) is 12.0. The van der Waals surface area contributed by atoms with E-state index in [0.717, 1.165) is 6.42 Å². The molecule has 1 aliphatic rings. The molecule has 2 rings (SSSR count). The van der Waals surface area contributed by atoms with Crippen molar-refractivity contribution in [1.29, 1.82) is 5.26 Å². The van der Waals surface area contributed by atoms with Crippen LogP contribution in [0.2, 0.25) is 0 Å². The lowest BCUT2D eigenvalue weighted by Crippen LogP contribution is -2.36. The summed E-state index contributed by atoms with van der Waals surface area (Å²) in [5.74, 6) is -0.988. The van der Waals surface area contributed by atoms with Gasteiger partial charge in [-0.05, 0) is 37.1 Å². The van der Waals surface area contributed by atoms with Gasteiger partial charge in [-0.25, -0.2) is 0 Å². The fourth-order valence-electron chi connectivity index (χ4n) is 2.88. The third kappa shape index (κ3) is 2.89. The standard InChI is InChI=1S/C16H18N2O3/c1-2-7-16(15(20)21)8-9-18(11-16)14(19)13-5-3-12(10-17)4-6-13/h3-6H,2,7-9,11H2,1H3,(H,20,21). The van der Waals surface area contributed by atoms with E-state index in [2.05, 4.69) is 0 Å². The van der Waals surface area contributed by atoms with Crippen molar-refractivity contribution in [3.63, 3.8) is 0 Å². The Hall–Kier alpha value is -2.35. The smallest absolute Gasteiger partial charge is 0.311 e. The van der Waals surface area contributed by atoms with E-state index in [-0.39, 0.29) is 12.5 Å². The number of aliphatic carboxylic acids is 1. The van der Waals surface area contributed by atoms with Crippen molar-refractivity contribution in [3.8, 4) is 6.07 Å². The van der Waals surface area contributed by atoms with Gasteiger partial charge in [0.25, 0.3) is 5.91 Å². The van der Waals surface area contributed by atoms with Crippen molar-refractivity contribution in [3.05, 3.63) is 35.4 Å². The van der Waals surface area contributed by atoms with Crippen LogP contribution >= 0.6 is 0 Å². The highest BCUT2D eigenvalue weighted by Gasteiger charge is 2.45. The molecule has 1 N–H and O–H groups in total. The van der Waals surface area contributed by atoms with Crippen LogP contribution in [0.4, 0.5) is 0 Å². The predicted octanol–water partition coefficient (Wildman–Crippen LogP) is 2.28. The molecular formula is C16H18N2O3. The Labute approximate surface area is 123 Å². The minimum Gasteiger partial charge on any atom is -0.481 e. The Bertz CT molecular complexity index is 589. The molecule has 1 aromatic rings. The maximum Gasteiger partial charge on any atom is 0.311 e. The van der Waals surface area contributed by atoms with Gasteiger partial charge in [-0.3, -0.25) is 9.59 Å². The molecular weight excluding hydrogens is 268 g/mol. The molecule has 0 aromatic heterocycles. The second kappa shape index (κ2) is 5.96. The fourth-order valence-corrected chi connectivity index (χ4v) is 2.88. The van der Waals surface area contributed by atoms with E-state index in [1.807, 2.05) is 13.0 Å². The first-order valence-corrected chi connectivity index (χ1v) is 7.05. The first kappa shape index (κ1) is 15.0. The molecule has 1 aromatic carbocycles. The molecule has 1 atom stereocenters. The Morgan fingerprint density at radius 3 is 2.57 bits per heavy atom. The van der Waals surface area contributed by atoms with E-state index in [1.165, 1.54) is 0 Å². The third-order valence-corrected chi connectivity index (χ3v) is 4.08. The maximum atomic E-state index is 12.4. The van der Waals surface area contributed by atoms with E-state index in [0.29, 0.717) is 30.5 Å². The van der Waals surface area contributed by atoms with Crippen molar-refractivity contribution in [1.82, 2.24) is 4.90 Å². The number of hydrogen-bond donors (Lipinski definition) is 1. The second-order valence-corrected chi connectivity index (χ2v) is 5.50. The van der Waals surface area contributed by atoms with Gasteiger partial charge < -0.3 is 10.0 Å². The highest BCUT2D eigenvalue weighted by Crippen LogP contribution is 2.36. The van der Waals surface area contributed by atoms with Gasteiger partial charge in [0.05, 0.1) is 17.0 Å². The SMILES string of the molecule is CCCC1(C(=O)O)CCN(C(=O)c2ccc(C#N)cc2)C1. The summed E-state index contributed by atoms with van der Waals surface area (Å²) in [4.78, 5) is 25.5. The number of nitriles is 1. The third-order valence-electron chi connectivity index (χ3n) is 4.08. The van der Waals surface area contributed by atoms with Gasteiger partial charge in [0.1, 0.15) is 0 Å². The van der Waals surface area contributed by atoms with Gasteiger partial charge in [0.15, 0.2) is 0 Å². The summed E-state index contributed by atoms with van der Waals surface area (Å²) in [6.45, 7) is 2.68. The number of likely N-dealkylation sites (tertiary alicyclic amines) is 1. The van der Waals surface area contributed by atoms with Gasteiger partial charge in [-0.1, -0.05) is 13.3 Å². The number of carboxylic acids is 1. The number of carboxylic acid groups (broad SMARTS) is 1. The quantitative estimate of drug-likeness (QED) is 0.920. The Balaban J connectivity index is 2.14. The summed E-state index contributed by atoms with van der Waals surface area (Å²) < 4.78 is 0. The highest BCUT2D eigenvalue weighted by atomic mass is 16.4. The number of nitrogens with zero attached hydrogens (tertiary/aromatic N) is 2. The zero-order chi connectivity index (χ0) is 15.5. The van der Waals surface area contributed by atoms with Crippen molar-refractivity contribution in [2.45, 2.75) is 26.2 Å². The number of carbonyl (C=O) groups is 2. The minimum atomic E-state index is -0.820. The highest BCUT2D eigenvalue weighted by molar-refractivity contribution is 5.95. The molecule has 1 saturated heterocycles. The molecule has 110 valence electrons. The number of hydrogen-bond acceptors (Lipinski definition) is 3. The fraction of sp³-hybridized carbons (Fsp3) is 0.438. The first-order valence-electron chi connectivity index (χ1n) is 7.05. The molecule has 1 fully saturated rings. The number of amides is 1. The van der Waals surface area contributed by atoms with Crippen molar-refractivity contribution < 1.29 is 14.7 Å². The molecule has 5 heteroatoms. The molecule has 1 heterocycles. The van der Waals surface area contributed by atoms with Gasteiger partial charge in [0.2, 0.25) is 0 Å². The van der Waals surface area contributed by atoms with E-state index >= 15 is 0 Å². The van der Waals surface area contributed by atoms with Gasteiger partial charge in [0, 0.05) is 18.7 Å². The summed E-state index contributed by atoms with van der Waals surface area (Å²) in [7, 11) is 0. The molecule has 0 bridgehead atoms. The van der Waals surface area contributed by atoms with Crippen LogP contribution in [0.3, 0.4) is 0 Å². The Morgan fingerprint density at radius 2 is 2.05 bits per heavy atom. The second-order valence-electron chi connectivity index (χ2n) is 5.50. The van der Waals surface area contributed by atoms with Gasteiger partial charge >= 0.3 is 5.97 Å². The molecule has 0 radical (unpaired) electrons. The summed E-state index contributed by atoms with van der Waals surface area (Å²) >= 11 is 0. The zero-order valence-electron chi connectivity index (χ0n) is 12.0. The van der Waals surface area contributed by atoms with Crippen molar-refractivity contribution in [2.75, 3.05) is 13.1 Å². The van der Waals surface area contributed by atoms with Crippen LogP contribution in [-0.2, 0) is 4.79 Å². The van der Waals surface area contributed by atoms with Crippen LogP contribution in [0.1, 0.15) is 42.1 Å². The maximum absolute atomic E-state index is 12.4. The van der Waals surface area contributed by atoms with Crippen LogP contribution < -0.4 is 0 Å². The lowest BCUT2D eigenvalue weighted by atomic mass is 9.83. The van der Waals surface area contributed by atoms with Gasteiger partial charge in [-0.2, -0.15) is 5.26 Å². The molecule has 0 spiro atoms. The van der Waals surface area contributed by atoms with Gasteiger partial charge in [-0.15, -0.1) is 0 Å². The lowest BCUT2D eigenvalue weighted by Gasteiger charge is -2.24. The molecule has 0 saturated carbocycles. The Kier molecular flexibility index (Phi) is 4.27. The summed E-state index contributed by atoms with van der Waals surface area (Å²) in [5, 5.41) is 18.2. The molecule has 1 aliphatic heterocycles. The lowest BCUT2D eigenvalue weighted by molar-refractivity contribution is -0.148. The largest absolute Gasteiger partial charge is 0.481 e. The summed E-state index contributed by atoms with van der Waals surface area (Å²) in [6.07, 6.45) is 1.86. The number of carbonyl (C=O) groups excluding carboxylic acids is 1. The summed E-state index contributed by atoms with van der Waals surface area (Å²) in [5.41, 5.74) is 0.183. The number of benzene rings is 1. The average Bonchev–Trinajstić information content (AvgIpc) is 2.93. The molecule has 1 unspecified atom stereocenters. The van der Waals surface area contributed by atoms with E-state index in [9.17, 15) is 14.7 Å². The van der Waals surface area contributed by atoms with Crippen LogP contribution in [0.15, 0.2) is 24.3 Å². The molecule has 5 nitrogen and oxygen atoms in total. The van der Waals surface area contributed by atoms with Crippen molar-refractivity contribution >= 4 is 11.9 Å². The predicted molar refractivity (Wildman–Crippen MR) is 76.7 cm³/mol. The molecule has 0 aliphatic carbocycles. The average molecular weight is 286 g/mol. The monoisotopic (exact) mass is 286 g/mol. The van der Waals surface area contributed by atoms with Crippen LogP contribution in [-0.4, -0.2) is 35.0 Å². The van der Waals surface area contributed by atoms with Crippen LogP contribution in [0.5, 0.6) is 0 Å². The first-order chi connectivity index (χ1) is 10.0. The number of rotatable bonds is 4. The summed E-state index contributed by atoms with van der Waals surface area (Å²) in [6, 6.07) is 8.42. The van der Waals surface area contributed by atoms with Crippen LogP contribution in [0.25, 0.3) is 0 Å². The van der Waals surface area contributed by atoms with Crippen LogP contribution in [0, 0.1) is 16.7 Å². The van der Waals surface area contributed by atoms with E-state index in [1.54, 1.807) is 29.2 Å².